The number of carbonyl (C=O) groups excluding carboxylic acids is 10. The first kappa shape index (κ1) is 72.5. The van der Waals surface area contributed by atoms with Gasteiger partial charge in [0.05, 0.1) is 40.3 Å². The van der Waals surface area contributed by atoms with E-state index >= 15 is 0 Å². The van der Waals surface area contributed by atoms with E-state index in [4.69, 9.17) is 0 Å². The lowest BCUT2D eigenvalue weighted by molar-refractivity contribution is -0.146. The van der Waals surface area contributed by atoms with Gasteiger partial charge < -0.3 is 47.0 Å². The second-order valence-corrected chi connectivity index (χ2v) is 25.1. The van der Waals surface area contributed by atoms with Gasteiger partial charge >= 0.3 is 23.9 Å². The molecule has 2 aromatic heterocycles. The molecule has 8 atom stereocenters. The predicted octanol–water partition coefficient (Wildman–Crippen LogP) is 6.64. The van der Waals surface area contributed by atoms with Crippen LogP contribution in [0.5, 0.6) is 0 Å². The third-order valence-electron chi connectivity index (χ3n) is 14.6. The highest BCUT2D eigenvalue weighted by Crippen LogP contribution is 2.34. The lowest BCUT2D eigenvalue weighted by Gasteiger charge is -2.26. The number of carboxylic acid groups (broad SMARTS) is 4. The number of hydrogen-bond acceptors (Lipinski definition) is 16. The number of carboxylic acids is 4. The lowest BCUT2D eigenvalue weighted by atomic mass is 9.86. The van der Waals surface area contributed by atoms with Gasteiger partial charge in [-0.15, -0.1) is 22.7 Å². The molecule has 23 nitrogen and oxygen atoms in total. The second kappa shape index (κ2) is 34.4. The van der Waals surface area contributed by atoms with Gasteiger partial charge in [-0.25, -0.2) is 4.79 Å². The minimum absolute atomic E-state index is 0.166. The summed E-state index contributed by atoms with van der Waals surface area (Å²) in [6.07, 6.45) is -3.39. The molecule has 2 heterocycles. The van der Waals surface area contributed by atoms with Crippen molar-refractivity contribution in [3.05, 3.63) is 58.3 Å². The van der Waals surface area contributed by atoms with Crippen LogP contribution >= 0.6 is 22.7 Å². The number of rotatable bonds is 39. The average Bonchev–Trinajstić information content (AvgIpc) is 3.51. The van der Waals surface area contributed by atoms with E-state index in [1.165, 1.54) is 36.5 Å². The summed E-state index contributed by atoms with van der Waals surface area (Å²) < 4.78 is 0. The number of aliphatic carboxylic acids is 4. The number of nitrogens with one attached hydrogen (secondary N) is 5. The topological polar surface area (TPSA) is 380 Å². The Hall–Kier alpha value is -7.80. The third kappa shape index (κ3) is 23.2. The molecule has 0 unspecified atom stereocenters. The van der Waals surface area contributed by atoms with E-state index in [0.29, 0.717) is 9.75 Å². The maximum absolute atomic E-state index is 13.5. The van der Waals surface area contributed by atoms with Crippen LogP contribution in [0, 0.1) is 47.3 Å². The van der Waals surface area contributed by atoms with Crippen molar-refractivity contribution in [1.82, 2.24) is 26.6 Å². The monoisotopic (exact) mass is 1240 g/mol. The Kier molecular flexibility index (Phi) is 29.0. The molecule has 0 bridgehead atoms. The molecule has 5 amide bonds. The number of benzene rings is 1. The fourth-order valence-corrected chi connectivity index (χ4v) is 11.0. The fourth-order valence-electron chi connectivity index (χ4n) is 9.12. The van der Waals surface area contributed by atoms with Gasteiger partial charge in [0.1, 0.15) is 6.04 Å². The molecule has 0 fully saturated rings. The zero-order valence-electron chi connectivity index (χ0n) is 50.1. The van der Waals surface area contributed by atoms with E-state index in [1.54, 1.807) is 79.7 Å². The number of amides is 5. The molecule has 0 saturated carbocycles. The van der Waals surface area contributed by atoms with Crippen molar-refractivity contribution in [3.63, 3.8) is 0 Å². The van der Waals surface area contributed by atoms with Crippen LogP contribution in [0.2, 0.25) is 0 Å². The molecule has 0 aliphatic carbocycles. The average molecular weight is 1240 g/mol. The largest absolute Gasteiger partial charge is 0.481 e. The van der Waals surface area contributed by atoms with Gasteiger partial charge in [-0.3, -0.25) is 62.3 Å². The molecule has 9 N–H and O–H groups in total. The van der Waals surface area contributed by atoms with Gasteiger partial charge in [-0.1, -0.05) is 86.6 Å². The molecule has 86 heavy (non-hydrogen) atoms. The molecule has 0 radical (unpaired) electrons. The maximum Gasteiger partial charge on any atom is 0.326 e. The summed E-state index contributed by atoms with van der Waals surface area (Å²) in [5.74, 6) is -16.6. The first-order valence-corrected chi connectivity index (χ1v) is 30.2. The Balaban J connectivity index is 1.52. The zero-order valence-corrected chi connectivity index (χ0v) is 51.8. The first-order chi connectivity index (χ1) is 40.2. The Morgan fingerprint density at radius 2 is 0.965 bits per heavy atom. The van der Waals surface area contributed by atoms with Crippen LogP contribution in [0.25, 0.3) is 20.9 Å². The SMILES string of the molecule is CC(C)[C@H](CC(=O)[C@H](CCC(=O)O)NC(=O)[C@@H](CC(=O)[C@H](C)NC(=O)CCC(=O)c1ccc(-c2ccc(-c3ccc(C(=O)NCC(=O)C[C@@H](C)C(=O)N[C@H](C(=O)C[C@@H](CCC(=O)O)C(=O)N[C@H](C(=O)O)C(C)C)C(C)C)s3)cc2)s1)C(C)C)C(=O)O. The van der Waals surface area contributed by atoms with Gasteiger partial charge in [0, 0.05) is 78.9 Å². The summed E-state index contributed by atoms with van der Waals surface area (Å²) in [5, 5.41) is 50.4. The molecular formula is C61H81N5O18S2. The molecule has 0 aliphatic rings. The summed E-state index contributed by atoms with van der Waals surface area (Å²) in [5.41, 5.74) is 1.57. The molecule has 3 aromatic rings. The number of Topliss-reactive ketones (excluding diaryl/α,β-unsaturated/α-hetero) is 5. The standard InChI is InChI=1S/C61H81N5O18S2/c1-30(2)40(58(79)64-42(16-24-53(75)76)45(70)28-41(31(3)4)60(81)82)27-44(69)35(10)63-51(72)22-17-43(68)49-20-18-47(85-49)36-11-13-37(14-12-36)48-19-21-50(86-48)59(80)62-29-39(67)25-34(9)56(77)65-54(32(5)6)46(71)26-38(15-23-52(73)74)57(78)66-55(33(7)8)61(83)84/h11-14,18-21,30-35,38,40-42,54-55H,15-17,22-29H2,1-10H3,(H,62,80)(H,63,72)(H,64,79)(H,65,77)(H,66,78)(H,73,74)(H,75,76)(H,81,82)(H,83,84)/t34-,35+,38-,40+,41+,42+,54+,55+/m1/s1. The van der Waals surface area contributed by atoms with Gasteiger partial charge in [0.15, 0.2) is 28.9 Å². The van der Waals surface area contributed by atoms with E-state index in [2.05, 4.69) is 26.6 Å². The number of ketones is 5. The van der Waals surface area contributed by atoms with E-state index in [9.17, 15) is 87.5 Å². The van der Waals surface area contributed by atoms with Crippen LogP contribution in [0.4, 0.5) is 0 Å². The summed E-state index contributed by atoms with van der Waals surface area (Å²) in [6, 6.07) is 9.39. The minimum Gasteiger partial charge on any atom is -0.481 e. The van der Waals surface area contributed by atoms with Crippen molar-refractivity contribution in [3.8, 4) is 20.9 Å². The van der Waals surface area contributed by atoms with Crippen molar-refractivity contribution in [2.24, 2.45) is 47.3 Å². The fraction of sp³-hybridized carbons (Fsp3) is 0.541. The van der Waals surface area contributed by atoms with Crippen LogP contribution in [0.1, 0.15) is 153 Å². The van der Waals surface area contributed by atoms with Crippen molar-refractivity contribution < 1.29 is 87.5 Å². The number of hydrogen-bond donors (Lipinski definition) is 9. The molecule has 0 spiro atoms. The van der Waals surface area contributed by atoms with Crippen molar-refractivity contribution in [2.75, 3.05) is 6.54 Å². The van der Waals surface area contributed by atoms with Crippen LogP contribution in [-0.2, 0) is 57.5 Å². The van der Waals surface area contributed by atoms with Gasteiger partial charge in [0.2, 0.25) is 23.6 Å². The van der Waals surface area contributed by atoms with Gasteiger partial charge in [0.25, 0.3) is 5.91 Å². The Bertz CT molecular complexity index is 2770. The molecule has 0 saturated heterocycles. The lowest BCUT2D eigenvalue weighted by Crippen LogP contribution is -2.49. The minimum atomic E-state index is -1.30. The van der Waals surface area contributed by atoms with Gasteiger partial charge in [-0.2, -0.15) is 0 Å². The molecular weight excluding hydrogens is 1150 g/mol. The van der Waals surface area contributed by atoms with E-state index in [1.807, 2.05) is 24.3 Å². The second-order valence-electron chi connectivity index (χ2n) is 22.9. The normalized spacial score (nSPS) is 14.2. The van der Waals surface area contributed by atoms with Crippen LogP contribution < -0.4 is 26.6 Å². The van der Waals surface area contributed by atoms with Crippen molar-refractivity contribution in [2.45, 2.75) is 158 Å². The quantitative estimate of drug-likeness (QED) is 0.0270. The molecule has 470 valence electrons. The Morgan fingerprint density at radius 3 is 1.48 bits per heavy atom. The zero-order chi connectivity index (χ0) is 64.9. The van der Waals surface area contributed by atoms with Gasteiger partial charge in [-0.05, 0) is 78.8 Å². The summed E-state index contributed by atoms with van der Waals surface area (Å²) >= 11 is 2.40. The summed E-state index contributed by atoms with van der Waals surface area (Å²) in [7, 11) is 0. The maximum atomic E-state index is 13.5. The van der Waals surface area contributed by atoms with E-state index in [0.717, 1.165) is 20.9 Å². The highest BCUT2D eigenvalue weighted by molar-refractivity contribution is 7.17. The highest BCUT2D eigenvalue weighted by atomic mass is 32.1. The van der Waals surface area contributed by atoms with Crippen LogP contribution in [0.15, 0.2) is 48.5 Å². The number of thiophene rings is 2. The van der Waals surface area contributed by atoms with E-state index < -0.39 is 180 Å². The third-order valence-corrected chi connectivity index (χ3v) is 16.9. The highest BCUT2D eigenvalue weighted by Gasteiger charge is 2.36. The van der Waals surface area contributed by atoms with Crippen molar-refractivity contribution in [1.29, 1.82) is 0 Å². The van der Waals surface area contributed by atoms with Crippen molar-refractivity contribution >= 4 is 105 Å². The Labute approximate surface area is 507 Å². The van der Waals surface area contributed by atoms with Crippen LogP contribution in [-0.4, -0.2) is 133 Å². The predicted molar refractivity (Wildman–Crippen MR) is 319 cm³/mol. The van der Waals surface area contributed by atoms with E-state index in [-0.39, 0.29) is 44.3 Å². The molecule has 0 aliphatic heterocycles. The summed E-state index contributed by atoms with van der Waals surface area (Å²) in [4.78, 5) is 181. The molecule has 1 aromatic carbocycles. The van der Waals surface area contributed by atoms with Crippen LogP contribution in [0.3, 0.4) is 0 Å². The summed E-state index contributed by atoms with van der Waals surface area (Å²) in [6.45, 7) is 15.6. The first-order valence-electron chi connectivity index (χ1n) is 28.5. The molecule has 3 rings (SSSR count). The molecule has 25 heteroatoms. The Morgan fingerprint density at radius 1 is 0.453 bits per heavy atom. The number of carbonyl (C=O) groups is 14. The smallest absolute Gasteiger partial charge is 0.326 e.